The van der Waals surface area contributed by atoms with E-state index < -0.39 is 17.7 Å². The first kappa shape index (κ1) is 13.6. The molecule has 2 N–H and O–H groups in total. The van der Waals surface area contributed by atoms with Gasteiger partial charge in [0.05, 0.1) is 13.2 Å². The Hall–Kier alpha value is -2.40. The van der Waals surface area contributed by atoms with E-state index in [9.17, 15) is 8.78 Å². The normalized spacial score (nSPS) is 12.6. The Morgan fingerprint density at radius 3 is 2.62 bits per heavy atom. The number of nitrogens with two attached hydrogens (primary N) is 1. The lowest BCUT2D eigenvalue weighted by Crippen LogP contribution is -2.11. The van der Waals surface area contributed by atoms with Crippen molar-refractivity contribution in [1.82, 2.24) is 0 Å². The van der Waals surface area contributed by atoms with Crippen LogP contribution in [0.5, 0.6) is 5.75 Å². The van der Waals surface area contributed by atoms with E-state index in [0.717, 1.165) is 0 Å². The van der Waals surface area contributed by atoms with Gasteiger partial charge in [-0.05, 0) is 29.8 Å². The van der Waals surface area contributed by atoms with Gasteiger partial charge in [-0.1, -0.05) is 18.2 Å². The average molecular weight is 289 g/mol. The van der Waals surface area contributed by atoms with Gasteiger partial charge in [-0.2, -0.15) is 0 Å². The van der Waals surface area contributed by atoms with Gasteiger partial charge in [-0.25, -0.2) is 8.78 Å². The lowest BCUT2D eigenvalue weighted by molar-refractivity contribution is 0.385. The molecule has 0 radical (unpaired) electrons. The Kier molecular flexibility index (Phi) is 3.35. The fraction of sp³-hybridized carbons (Fsp3) is 0.125. The molecule has 0 bridgehead atoms. The highest BCUT2D eigenvalue weighted by atomic mass is 19.1. The summed E-state index contributed by atoms with van der Waals surface area (Å²) in [6.07, 6.45) is 0. The third-order valence-electron chi connectivity index (χ3n) is 3.36. The summed E-state index contributed by atoms with van der Waals surface area (Å²) >= 11 is 0. The van der Waals surface area contributed by atoms with Gasteiger partial charge in [0.15, 0.2) is 23.0 Å². The second kappa shape index (κ2) is 5.18. The fourth-order valence-electron chi connectivity index (χ4n) is 2.23. The predicted molar refractivity (Wildman–Crippen MR) is 75.2 cm³/mol. The van der Waals surface area contributed by atoms with E-state index >= 15 is 0 Å². The first-order chi connectivity index (χ1) is 10.1. The van der Waals surface area contributed by atoms with Gasteiger partial charge in [0.25, 0.3) is 0 Å². The number of methoxy groups -OCH3 is 1. The zero-order chi connectivity index (χ0) is 15.0. The Bertz CT molecular complexity index is 798. The molecule has 108 valence electrons. The molecule has 0 saturated carbocycles. The SMILES string of the molecule is COc1cc(C(N)c2cc3cccc(F)c3o2)ccc1F. The molecule has 3 rings (SSSR count). The van der Waals surface area contributed by atoms with E-state index in [-0.39, 0.29) is 11.3 Å². The van der Waals surface area contributed by atoms with Gasteiger partial charge in [0.2, 0.25) is 0 Å². The number of furan rings is 1. The van der Waals surface area contributed by atoms with Crippen molar-refractivity contribution in [2.24, 2.45) is 5.73 Å². The first-order valence-electron chi connectivity index (χ1n) is 6.37. The zero-order valence-electron chi connectivity index (χ0n) is 11.3. The van der Waals surface area contributed by atoms with Crippen molar-refractivity contribution >= 4 is 11.0 Å². The molecule has 0 aliphatic rings. The molecule has 2 aromatic carbocycles. The van der Waals surface area contributed by atoms with Crippen molar-refractivity contribution < 1.29 is 17.9 Å². The van der Waals surface area contributed by atoms with Crippen LogP contribution < -0.4 is 10.5 Å². The standard InChI is InChI=1S/C16H13F2NO2/c1-20-13-7-9(5-6-11(13)17)15(19)14-8-10-3-2-4-12(18)16(10)21-14/h2-8,15H,19H2,1H3. The van der Waals surface area contributed by atoms with Gasteiger partial charge in [-0.15, -0.1) is 0 Å². The van der Waals surface area contributed by atoms with Crippen LogP contribution >= 0.6 is 0 Å². The van der Waals surface area contributed by atoms with Crippen molar-refractivity contribution in [2.45, 2.75) is 6.04 Å². The molecule has 0 aliphatic heterocycles. The molecular weight excluding hydrogens is 276 g/mol. The average Bonchev–Trinajstić information content (AvgIpc) is 2.92. The maximum Gasteiger partial charge on any atom is 0.169 e. The molecule has 3 nitrogen and oxygen atoms in total. The summed E-state index contributed by atoms with van der Waals surface area (Å²) in [7, 11) is 1.38. The number of hydrogen-bond donors (Lipinski definition) is 1. The summed E-state index contributed by atoms with van der Waals surface area (Å²) in [5.74, 6) is -0.402. The number of benzene rings is 2. The molecule has 1 aromatic heterocycles. The summed E-state index contributed by atoms with van der Waals surface area (Å²) in [5, 5.41) is 0.634. The van der Waals surface area contributed by atoms with E-state index in [4.69, 9.17) is 14.9 Å². The predicted octanol–water partition coefficient (Wildman–Crippen LogP) is 3.77. The van der Waals surface area contributed by atoms with Gasteiger partial charge in [0.1, 0.15) is 5.76 Å². The largest absolute Gasteiger partial charge is 0.494 e. The Balaban J connectivity index is 2.03. The third kappa shape index (κ3) is 2.36. The quantitative estimate of drug-likeness (QED) is 0.798. The highest BCUT2D eigenvalue weighted by Gasteiger charge is 2.17. The zero-order valence-corrected chi connectivity index (χ0v) is 11.3. The number of para-hydroxylation sites is 1. The second-order valence-corrected chi connectivity index (χ2v) is 4.68. The van der Waals surface area contributed by atoms with Gasteiger partial charge >= 0.3 is 0 Å². The maximum absolute atomic E-state index is 13.6. The smallest absolute Gasteiger partial charge is 0.169 e. The van der Waals surface area contributed by atoms with Gasteiger partial charge in [-0.3, -0.25) is 0 Å². The summed E-state index contributed by atoms with van der Waals surface area (Å²) in [6.45, 7) is 0. The number of hydrogen-bond acceptors (Lipinski definition) is 3. The molecule has 0 spiro atoms. The summed E-state index contributed by atoms with van der Waals surface area (Å²) < 4.78 is 37.5. The lowest BCUT2D eigenvalue weighted by atomic mass is 10.0. The van der Waals surface area contributed by atoms with Crippen LogP contribution in [0.15, 0.2) is 46.9 Å². The van der Waals surface area contributed by atoms with E-state index in [0.29, 0.717) is 16.7 Å². The molecule has 0 saturated heterocycles. The molecule has 0 amide bonds. The second-order valence-electron chi connectivity index (χ2n) is 4.68. The molecule has 3 aromatic rings. The molecule has 1 atom stereocenters. The minimum absolute atomic E-state index is 0.102. The first-order valence-corrected chi connectivity index (χ1v) is 6.37. The van der Waals surface area contributed by atoms with E-state index in [2.05, 4.69) is 0 Å². The van der Waals surface area contributed by atoms with Crippen molar-refractivity contribution in [3.8, 4) is 5.75 Å². The van der Waals surface area contributed by atoms with E-state index in [1.54, 1.807) is 24.3 Å². The van der Waals surface area contributed by atoms with Crippen molar-refractivity contribution in [3.63, 3.8) is 0 Å². The van der Waals surface area contributed by atoms with Crippen LogP contribution in [-0.4, -0.2) is 7.11 Å². The summed E-state index contributed by atoms with van der Waals surface area (Å²) in [6, 6.07) is 10.0. The third-order valence-corrected chi connectivity index (χ3v) is 3.36. The molecule has 0 aliphatic carbocycles. The van der Waals surface area contributed by atoms with Crippen molar-refractivity contribution in [2.75, 3.05) is 7.11 Å². The number of ether oxygens (including phenoxy) is 1. The van der Waals surface area contributed by atoms with Crippen LogP contribution in [0.1, 0.15) is 17.4 Å². The maximum atomic E-state index is 13.6. The minimum atomic E-state index is -0.633. The van der Waals surface area contributed by atoms with Gasteiger partial charge < -0.3 is 14.9 Å². The molecule has 1 unspecified atom stereocenters. The monoisotopic (exact) mass is 289 g/mol. The van der Waals surface area contributed by atoms with Gasteiger partial charge in [0, 0.05) is 5.39 Å². The molecule has 1 heterocycles. The molecule has 0 fully saturated rings. The van der Waals surface area contributed by atoms with Crippen LogP contribution in [0.3, 0.4) is 0 Å². The van der Waals surface area contributed by atoms with E-state index in [1.807, 2.05) is 0 Å². The summed E-state index contributed by atoms with van der Waals surface area (Å²) in [4.78, 5) is 0. The Morgan fingerprint density at radius 2 is 1.90 bits per heavy atom. The highest BCUT2D eigenvalue weighted by molar-refractivity contribution is 5.78. The number of rotatable bonds is 3. The highest BCUT2D eigenvalue weighted by Crippen LogP contribution is 2.30. The Morgan fingerprint density at radius 1 is 1.10 bits per heavy atom. The number of fused-ring (bicyclic) bond motifs is 1. The van der Waals surface area contributed by atoms with Crippen LogP contribution in [0.4, 0.5) is 8.78 Å². The van der Waals surface area contributed by atoms with Crippen LogP contribution in [0.25, 0.3) is 11.0 Å². The Labute approximate surface area is 119 Å². The van der Waals surface area contributed by atoms with Crippen LogP contribution in [0.2, 0.25) is 0 Å². The summed E-state index contributed by atoms with van der Waals surface area (Å²) in [5.41, 5.74) is 6.89. The van der Waals surface area contributed by atoms with E-state index in [1.165, 1.54) is 25.3 Å². The lowest BCUT2D eigenvalue weighted by Gasteiger charge is -2.11. The topological polar surface area (TPSA) is 48.4 Å². The molecular formula is C16H13F2NO2. The number of halogens is 2. The van der Waals surface area contributed by atoms with Crippen LogP contribution in [0, 0.1) is 11.6 Å². The minimum Gasteiger partial charge on any atom is -0.494 e. The molecule has 5 heteroatoms. The fourth-order valence-corrected chi connectivity index (χ4v) is 2.23. The van der Waals surface area contributed by atoms with Crippen molar-refractivity contribution in [1.29, 1.82) is 0 Å². The molecule has 21 heavy (non-hydrogen) atoms. The van der Waals surface area contributed by atoms with Crippen molar-refractivity contribution in [3.05, 3.63) is 65.4 Å². The van der Waals surface area contributed by atoms with Crippen LogP contribution in [-0.2, 0) is 0 Å².